The van der Waals surface area contributed by atoms with Gasteiger partial charge in [0.1, 0.15) is 6.10 Å². The predicted octanol–water partition coefficient (Wildman–Crippen LogP) is 3.23. The smallest absolute Gasteiger partial charge is 0.258 e. The molecule has 0 unspecified atom stereocenters. The van der Waals surface area contributed by atoms with Crippen LogP contribution in [-0.2, 0) is 14.8 Å². The zero-order valence-corrected chi connectivity index (χ0v) is 22.6. The number of amides is 2. The third-order valence-electron chi connectivity index (χ3n) is 6.86. The number of rotatable bonds is 8. The van der Waals surface area contributed by atoms with Gasteiger partial charge in [-0.1, -0.05) is 24.6 Å². The molecule has 1 aliphatic carbocycles. The maximum atomic E-state index is 13.5. The minimum absolute atomic E-state index is 0.00793. The third kappa shape index (κ3) is 5.93. The molecule has 1 saturated carbocycles. The van der Waals surface area contributed by atoms with Gasteiger partial charge in [-0.3, -0.25) is 9.59 Å². The summed E-state index contributed by atoms with van der Waals surface area (Å²) >= 11 is 5.93. The Morgan fingerprint density at radius 1 is 1.24 bits per heavy atom. The first-order chi connectivity index (χ1) is 17.5. The standard InChI is InChI=1S/C26H32ClN3O6S/c1-16-13-30(17(2)15-31)26(33)21-5-4-6-22(28-25(32)18-7-8-18)24(21)36-23(16)14-29(3)37(34,35)20-11-9-19(27)10-12-20/h4-6,9-12,16-18,23,31H,7-8,13-15H2,1-3H3,(H,28,32)/t16-,17+,23-/m1/s1. The number of likely N-dealkylation sites (N-methyl/N-ethyl adjacent to an activating group) is 1. The highest BCUT2D eigenvalue weighted by molar-refractivity contribution is 7.89. The summed E-state index contributed by atoms with van der Waals surface area (Å²) in [5.41, 5.74) is 0.607. The van der Waals surface area contributed by atoms with E-state index in [0.29, 0.717) is 10.7 Å². The quantitative estimate of drug-likeness (QED) is 0.522. The van der Waals surface area contributed by atoms with E-state index in [1.54, 1.807) is 30.0 Å². The number of halogens is 1. The lowest BCUT2D eigenvalue weighted by atomic mass is 9.99. The molecule has 2 amide bonds. The van der Waals surface area contributed by atoms with E-state index in [1.807, 2.05) is 6.92 Å². The Labute approximate surface area is 222 Å². The largest absolute Gasteiger partial charge is 0.486 e. The number of nitrogens with zero attached hydrogens (tertiary/aromatic N) is 2. The van der Waals surface area contributed by atoms with Crippen LogP contribution in [0, 0.1) is 11.8 Å². The Morgan fingerprint density at radius 3 is 2.54 bits per heavy atom. The van der Waals surface area contributed by atoms with Gasteiger partial charge in [-0.2, -0.15) is 4.31 Å². The minimum Gasteiger partial charge on any atom is -0.486 e. The summed E-state index contributed by atoms with van der Waals surface area (Å²) in [7, 11) is -2.38. The normalized spacial score (nSPS) is 21.0. The van der Waals surface area contributed by atoms with Crippen molar-refractivity contribution in [1.82, 2.24) is 9.21 Å². The van der Waals surface area contributed by atoms with Gasteiger partial charge in [-0.15, -0.1) is 0 Å². The number of hydrogen-bond acceptors (Lipinski definition) is 6. The summed E-state index contributed by atoms with van der Waals surface area (Å²) < 4.78 is 34.1. The molecule has 0 spiro atoms. The van der Waals surface area contributed by atoms with Crippen LogP contribution in [0.2, 0.25) is 5.02 Å². The number of hydrogen-bond donors (Lipinski definition) is 2. The maximum absolute atomic E-state index is 13.5. The zero-order valence-electron chi connectivity index (χ0n) is 21.1. The fraction of sp³-hybridized carbons (Fsp3) is 0.462. The van der Waals surface area contributed by atoms with Crippen LogP contribution in [0.5, 0.6) is 5.75 Å². The Kier molecular flexibility index (Phi) is 8.13. The van der Waals surface area contributed by atoms with Gasteiger partial charge in [0.15, 0.2) is 5.75 Å². The Bertz CT molecular complexity index is 1270. The molecule has 37 heavy (non-hydrogen) atoms. The number of aliphatic hydroxyl groups is 1. The minimum atomic E-state index is -3.85. The highest BCUT2D eigenvalue weighted by Crippen LogP contribution is 2.37. The van der Waals surface area contributed by atoms with Gasteiger partial charge in [0, 0.05) is 30.5 Å². The number of sulfonamides is 1. The van der Waals surface area contributed by atoms with Gasteiger partial charge in [0.2, 0.25) is 15.9 Å². The molecule has 9 nitrogen and oxygen atoms in total. The third-order valence-corrected chi connectivity index (χ3v) is 8.95. The van der Waals surface area contributed by atoms with Crippen LogP contribution >= 0.6 is 11.6 Å². The van der Waals surface area contributed by atoms with E-state index < -0.39 is 22.2 Å². The lowest BCUT2D eigenvalue weighted by Gasteiger charge is -2.38. The number of ether oxygens (including phenoxy) is 1. The second kappa shape index (κ2) is 11.0. The van der Waals surface area contributed by atoms with Crippen molar-refractivity contribution in [2.24, 2.45) is 11.8 Å². The Morgan fingerprint density at radius 2 is 1.92 bits per heavy atom. The number of fused-ring (bicyclic) bond motifs is 1. The molecular weight excluding hydrogens is 518 g/mol. The van der Waals surface area contributed by atoms with Crippen LogP contribution in [0.3, 0.4) is 0 Å². The molecule has 4 rings (SSSR count). The van der Waals surface area contributed by atoms with Crippen molar-refractivity contribution < 1.29 is 27.9 Å². The van der Waals surface area contributed by atoms with E-state index >= 15 is 0 Å². The highest BCUT2D eigenvalue weighted by atomic mass is 35.5. The van der Waals surface area contributed by atoms with Gasteiger partial charge >= 0.3 is 0 Å². The van der Waals surface area contributed by atoms with E-state index in [0.717, 1.165) is 12.8 Å². The summed E-state index contributed by atoms with van der Waals surface area (Å²) in [6.07, 6.45) is 0.969. The van der Waals surface area contributed by atoms with E-state index in [4.69, 9.17) is 16.3 Å². The lowest BCUT2D eigenvalue weighted by molar-refractivity contribution is -0.117. The van der Waals surface area contributed by atoms with Gasteiger partial charge in [0.25, 0.3) is 5.91 Å². The van der Waals surface area contributed by atoms with Crippen LogP contribution in [0.4, 0.5) is 5.69 Å². The van der Waals surface area contributed by atoms with Crippen LogP contribution in [0.1, 0.15) is 37.0 Å². The van der Waals surface area contributed by atoms with E-state index in [-0.39, 0.29) is 59.6 Å². The monoisotopic (exact) mass is 549 g/mol. The van der Waals surface area contributed by atoms with E-state index in [9.17, 15) is 23.1 Å². The zero-order chi connectivity index (χ0) is 26.9. The van der Waals surface area contributed by atoms with Crippen LogP contribution in [-0.4, -0.2) is 73.4 Å². The summed E-state index contributed by atoms with van der Waals surface area (Å²) in [5, 5.41) is 13.1. The predicted molar refractivity (Wildman–Crippen MR) is 140 cm³/mol. The fourth-order valence-electron chi connectivity index (χ4n) is 4.28. The molecule has 2 N–H and O–H groups in total. The molecule has 200 valence electrons. The molecule has 0 saturated heterocycles. The average Bonchev–Trinajstić information content (AvgIpc) is 3.72. The van der Waals surface area contributed by atoms with Crippen LogP contribution in [0.25, 0.3) is 0 Å². The van der Waals surface area contributed by atoms with Crippen molar-refractivity contribution in [1.29, 1.82) is 0 Å². The maximum Gasteiger partial charge on any atom is 0.258 e. The number of anilines is 1. The molecule has 0 aromatic heterocycles. The molecule has 11 heteroatoms. The highest BCUT2D eigenvalue weighted by Gasteiger charge is 2.37. The fourth-order valence-corrected chi connectivity index (χ4v) is 5.59. The Hall–Kier alpha value is -2.66. The SMILES string of the molecule is C[C@@H]1CN([C@@H](C)CO)C(=O)c2cccc(NC(=O)C3CC3)c2O[C@@H]1CN(C)S(=O)(=O)c1ccc(Cl)cc1. The van der Waals surface area contributed by atoms with Gasteiger partial charge in [-0.25, -0.2) is 8.42 Å². The average molecular weight is 550 g/mol. The second-order valence-corrected chi connectivity index (χ2v) is 12.3. The number of nitrogens with one attached hydrogen (secondary N) is 1. The molecular formula is C26H32ClN3O6S. The van der Waals surface area contributed by atoms with Gasteiger partial charge in [0.05, 0.1) is 35.3 Å². The first-order valence-corrected chi connectivity index (χ1v) is 14.1. The summed E-state index contributed by atoms with van der Waals surface area (Å²) in [6.45, 7) is 3.62. The second-order valence-electron chi connectivity index (χ2n) is 9.81. The molecule has 2 aromatic carbocycles. The van der Waals surface area contributed by atoms with Crippen molar-refractivity contribution in [2.45, 2.75) is 43.7 Å². The molecule has 1 aliphatic heterocycles. The van der Waals surface area contributed by atoms with Crippen molar-refractivity contribution >= 4 is 39.1 Å². The molecule has 0 bridgehead atoms. The molecule has 2 aliphatic rings. The van der Waals surface area contributed by atoms with Gasteiger partial charge in [-0.05, 0) is 56.2 Å². The molecule has 1 heterocycles. The van der Waals surface area contributed by atoms with Crippen molar-refractivity contribution in [3.8, 4) is 5.75 Å². The van der Waals surface area contributed by atoms with Crippen molar-refractivity contribution in [3.63, 3.8) is 0 Å². The topological polar surface area (TPSA) is 116 Å². The first kappa shape index (κ1) is 27.4. The summed E-state index contributed by atoms with van der Waals surface area (Å²) in [5.74, 6) is -0.631. The first-order valence-electron chi connectivity index (χ1n) is 12.3. The number of carbonyl (C=O) groups is 2. The number of benzene rings is 2. The number of para-hydroxylation sites is 1. The van der Waals surface area contributed by atoms with Crippen LogP contribution in [0.15, 0.2) is 47.4 Å². The van der Waals surface area contributed by atoms with Crippen molar-refractivity contribution in [3.05, 3.63) is 53.1 Å². The number of aliphatic hydroxyl groups excluding tert-OH is 1. The lowest BCUT2D eigenvalue weighted by Crippen LogP contribution is -2.50. The summed E-state index contributed by atoms with van der Waals surface area (Å²) in [4.78, 5) is 27.8. The molecule has 3 atom stereocenters. The Balaban J connectivity index is 1.70. The molecule has 1 fully saturated rings. The van der Waals surface area contributed by atoms with Crippen molar-refractivity contribution in [2.75, 3.05) is 32.1 Å². The summed E-state index contributed by atoms with van der Waals surface area (Å²) in [6, 6.07) is 10.4. The van der Waals surface area contributed by atoms with Crippen LogP contribution < -0.4 is 10.1 Å². The number of carbonyl (C=O) groups excluding carboxylic acids is 2. The van der Waals surface area contributed by atoms with E-state index in [1.165, 1.54) is 35.6 Å². The van der Waals surface area contributed by atoms with E-state index in [2.05, 4.69) is 5.32 Å². The molecule has 2 aromatic rings. The molecule has 0 radical (unpaired) electrons. The van der Waals surface area contributed by atoms with Gasteiger partial charge < -0.3 is 20.1 Å².